The molecule has 2 nitrogen and oxygen atoms in total. The third-order valence-corrected chi connectivity index (χ3v) is 4.41. The van der Waals surface area contributed by atoms with E-state index < -0.39 is 0 Å². The zero-order chi connectivity index (χ0) is 14.5. The minimum Gasteiger partial charge on any atom is -0.462 e. The molecule has 104 valence electrons. The maximum atomic E-state index is 11.6. The summed E-state index contributed by atoms with van der Waals surface area (Å²) in [6, 6.07) is 13.7. The highest BCUT2D eigenvalue weighted by Crippen LogP contribution is 2.31. The van der Waals surface area contributed by atoms with Gasteiger partial charge in [-0.15, -0.1) is 0 Å². The molecule has 0 aliphatic heterocycles. The molecule has 0 radical (unpaired) electrons. The molecule has 2 aromatic rings. The van der Waals surface area contributed by atoms with Crippen LogP contribution in [0.15, 0.2) is 56.7 Å². The van der Waals surface area contributed by atoms with E-state index in [4.69, 9.17) is 4.74 Å². The van der Waals surface area contributed by atoms with Gasteiger partial charge in [0.05, 0.1) is 12.2 Å². The van der Waals surface area contributed by atoms with Gasteiger partial charge in [0.2, 0.25) is 0 Å². The van der Waals surface area contributed by atoms with E-state index in [1.54, 1.807) is 30.8 Å². The molecule has 0 aromatic heterocycles. The molecule has 0 saturated carbocycles. The summed E-state index contributed by atoms with van der Waals surface area (Å²) in [6.07, 6.45) is 0. The van der Waals surface area contributed by atoms with Crippen LogP contribution in [0, 0.1) is 6.92 Å². The third kappa shape index (κ3) is 3.87. The predicted octanol–water partition coefficient (Wildman–Crippen LogP) is 5.09. The lowest BCUT2D eigenvalue weighted by Crippen LogP contribution is -2.03. The van der Waals surface area contributed by atoms with E-state index in [0.717, 1.165) is 9.37 Å². The number of hydrogen-bond donors (Lipinski definition) is 0. The molecule has 0 saturated heterocycles. The van der Waals surface area contributed by atoms with Gasteiger partial charge in [-0.1, -0.05) is 27.7 Å². The van der Waals surface area contributed by atoms with Gasteiger partial charge in [-0.2, -0.15) is 0 Å². The highest BCUT2D eigenvalue weighted by atomic mass is 79.9. The van der Waals surface area contributed by atoms with Crippen LogP contribution in [0.1, 0.15) is 22.8 Å². The number of carbonyl (C=O) groups is 1. The first-order chi connectivity index (χ1) is 9.60. The minimum absolute atomic E-state index is 0.274. The summed E-state index contributed by atoms with van der Waals surface area (Å²) >= 11 is 5.14. The molecule has 0 heterocycles. The molecule has 0 bridgehead atoms. The second kappa shape index (κ2) is 6.95. The summed E-state index contributed by atoms with van der Waals surface area (Å²) in [6.45, 7) is 4.28. The Morgan fingerprint density at radius 1 is 1.20 bits per heavy atom. The van der Waals surface area contributed by atoms with E-state index in [1.165, 1.54) is 10.5 Å². The number of aryl methyl sites for hydroxylation is 1. The molecule has 2 aromatic carbocycles. The molecule has 4 heteroatoms. The Bertz CT molecular complexity index is 608. The van der Waals surface area contributed by atoms with E-state index in [2.05, 4.69) is 35.0 Å². The number of esters is 1. The first-order valence-corrected chi connectivity index (χ1v) is 7.92. The Morgan fingerprint density at radius 2 is 1.90 bits per heavy atom. The smallest absolute Gasteiger partial charge is 0.338 e. The van der Waals surface area contributed by atoms with Crippen LogP contribution in [0.4, 0.5) is 0 Å². The van der Waals surface area contributed by atoms with Crippen molar-refractivity contribution >= 4 is 33.7 Å². The molecule has 0 spiro atoms. The molecule has 0 aliphatic carbocycles. The van der Waals surface area contributed by atoms with E-state index >= 15 is 0 Å². The van der Waals surface area contributed by atoms with Crippen molar-refractivity contribution in [3.63, 3.8) is 0 Å². The Labute approximate surface area is 131 Å². The first-order valence-electron chi connectivity index (χ1n) is 6.31. The Morgan fingerprint density at radius 3 is 2.50 bits per heavy atom. The maximum absolute atomic E-state index is 11.6. The van der Waals surface area contributed by atoms with Crippen molar-refractivity contribution < 1.29 is 9.53 Å². The van der Waals surface area contributed by atoms with Crippen LogP contribution in [0.3, 0.4) is 0 Å². The molecule has 2 rings (SSSR count). The molecule has 0 aliphatic rings. The van der Waals surface area contributed by atoms with Gasteiger partial charge in [0.15, 0.2) is 0 Å². The first kappa shape index (κ1) is 15.1. The number of ether oxygens (including phenoxy) is 1. The number of rotatable bonds is 4. The van der Waals surface area contributed by atoms with Gasteiger partial charge in [-0.05, 0) is 61.9 Å². The Kier molecular flexibility index (Phi) is 5.26. The summed E-state index contributed by atoms with van der Waals surface area (Å²) < 4.78 is 6.05. The largest absolute Gasteiger partial charge is 0.462 e. The van der Waals surface area contributed by atoms with Crippen LogP contribution in [0.5, 0.6) is 0 Å². The molecule has 0 N–H and O–H groups in total. The summed E-state index contributed by atoms with van der Waals surface area (Å²) in [5.41, 5.74) is 1.81. The van der Waals surface area contributed by atoms with E-state index in [0.29, 0.717) is 12.2 Å². The normalized spacial score (nSPS) is 10.3. The van der Waals surface area contributed by atoms with Crippen molar-refractivity contribution in [3.05, 3.63) is 58.1 Å². The van der Waals surface area contributed by atoms with Crippen molar-refractivity contribution in [2.45, 2.75) is 23.6 Å². The summed E-state index contributed by atoms with van der Waals surface area (Å²) in [7, 11) is 0. The Hall–Kier alpha value is -1.26. The average molecular weight is 351 g/mol. The van der Waals surface area contributed by atoms with Crippen LogP contribution >= 0.6 is 27.7 Å². The van der Waals surface area contributed by atoms with Gasteiger partial charge in [0, 0.05) is 14.3 Å². The van der Waals surface area contributed by atoms with Gasteiger partial charge in [0.25, 0.3) is 0 Å². The monoisotopic (exact) mass is 350 g/mol. The fourth-order valence-electron chi connectivity index (χ4n) is 1.73. The molecule has 0 amide bonds. The van der Waals surface area contributed by atoms with Crippen LogP contribution in [0.2, 0.25) is 0 Å². The van der Waals surface area contributed by atoms with Crippen LogP contribution in [-0.2, 0) is 4.74 Å². The van der Waals surface area contributed by atoms with Crippen molar-refractivity contribution in [3.8, 4) is 0 Å². The van der Waals surface area contributed by atoms with Crippen LogP contribution in [0.25, 0.3) is 0 Å². The standard InChI is InChI=1S/C16H15BrO2S/c1-3-19-16(18)12-4-7-14(8-5-12)20-15-9-6-13(17)10-11(15)2/h4-10H,3H2,1-2H3. The summed E-state index contributed by atoms with van der Waals surface area (Å²) in [5, 5.41) is 0. The summed E-state index contributed by atoms with van der Waals surface area (Å²) in [5.74, 6) is -0.274. The SMILES string of the molecule is CCOC(=O)c1ccc(Sc2ccc(Br)cc2C)cc1. The fraction of sp³-hybridized carbons (Fsp3) is 0.188. The number of benzene rings is 2. The molecular formula is C16H15BrO2S. The lowest BCUT2D eigenvalue weighted by atomic mass is 10.2. The third-order valence-electron chi connectivity index (χ3n) is 2.73. The predicted molar refractivity (Wildman–Crippen MR) is 85.4 cm³/mol. The van der Waals surface area contributed by atoms with Crippen molar-refractivity contribution in [1.82, 2.24) is 0 Å². The second-order valence-corrected chi connectivity index (χ2v) is 6.29. The van der Waals surface area contributed by atoms with E-state index in [9.17, 15) is 4.79 Å². The quantitative estimate of drug-likeness (QED) is 0.718. The average Bonchev–Trinajstić information content (AvgIpc) is 2.43. The van der Waals surface area contributed by atoms with Gasteiger partial charge in [-0.3, -0.25) is 0 Å². The summed E-state index contributed by atoms with van der Waals surface area (Å²) in [4.78, 5) is 13.9. The lowest BCUT2D eigenvalue weighted by molar-refractivity contribution is 0.0526. The van der Waals surface area contributed by atoms with Gasteiger partial charge < -0.3 is 4.74 Å². The van der Waals surface area contributed by atoms with Crippen LogP contribution in [-0.4, -0.2) is 12.6 Å². The van der Waals surface area contributed by atoms with Gasteiger partial charge in [0.1, 0.15) is 0 Å². The topological polar surface area (TPSA) is 26.3 Å². The minimum atomic E-state index is -0.274. The molecular weight excluding hydrogens is 336 g/mol. The number of carbonyl (C=O) groups excluding carboxylic acids is 1. The van der Waals surface area contributed by atoms with E-state index in [1.807, 2.05) is 18.2 Å². The second-order valence-electron chi connectivity index (χ2n) is 4.26. The number of hydrogen-bond acceptors (Lipinski definition) is 3. The van der Waals surface area contributed by atoms with Gasteiger partial charge in [-0.25, -0.2) is 4.79 Å². The molecule has 0 fully saturated rings. The zero-order valence-corrected chi connectivity index (χ0v) is 13.8. The van der Waals surface area contributed by atoms with E-state index in [-0.39, 0.29) is 5.97 Å². The molecule has 0 unspecified atom stereocenters. The highest BCUT2D eigenvalue weighted by molar-refractivity contribution is 9.10. The fourth-order valence-corrected chi connectivity index (χ4v) is 3.09. The van der Waals surface area contributed by atoms with Crippen LogP contribution < -0.4 is 0 Å². The van der Waals surface area contributed by atoms with Crippen molar-refractivity contribution in [2.24, 2.45) is 0 Å². The Balaban J connectivity index is 2.12. The molecule has 0 atom stereocenters. The maximum Gasteiger partial charge on any atom is 0.338 e. The van der Waals surface area contributed by atoms with Crippen molar-refractivity contribution in [2.75, 3.05) is 6.61 Å². The van der Waals surface area contributed by atoms with Gasteiger partial charge >= 0.3 is 5.97 Å². The molecule has 20 heavy (non-hydrogen) atoms. The highest BCUT2D eigenvalue weighted by Gasteiger charge is 2.07. The zero-order valence-electron chi connectivity index (χ0n) is 11.4. The van der Waals surface area contributed by atoms with Crippen molar-refractivity contribution in [1.29, 1.82) is 0 Å². The lowest BCUT2D eigenvalue weighted by Gasteiger charge is -2.07. The number of halogens is 1.